The smallest absolute Gasteiger partial charge is 0.410 e. The number of likely N-dealkylation sites (tertiary alicyclic amines) is 1. The van der Waals surface area contributed by atoms with Gasteiger partial charge in [0, 0.05) is 17.2 Å². The Balaban J connectivity index is 2.70. The number of piperidine rings is 1. The molecule has 1 heterocycles. The summed E-state index contributed by atoms with van der Waals surface area (Å²) in [5.74, 6) is 0. The minimum Gasteiger partial charge on any atom is -0.453 e. The van der Waals surface area contributed by atoms with Gasteiger partial charge in [0.05, 0.1) is 7.11 Å². The maximum Gasteiger partial charge on any atom is 0.410 e. The Kier molecular flexibility index (Phi) is 4.18. The maximum absolute atomic E-state index is 11.3. The molecule has 0 bridgehead atoms. The molecule has 1 aliphatic rings. The molecule has 1 aliphatic heterocycles. The van der Waals surface area contributed by atoms with E-state index in [1.54, 1.807) is 0 Å². The van der Waals surface area contributed by atoms with Gasteiger partial charge in [-0.1, -0.05) is 0 Å². The van der Waals surface area contributed by atoms with Crippen LogP contribution in [0.15, 0.2) is 0 Å². The molecule has 0 spiro atoms. The van der Waals surface area contributed by atoms with Gasteiger partial charge in [0.1, 0.15) is 6.17 Å². The molecule has 15 heavy (non-hydrogen) atoms. The van der Waals surface area contributed by atoms with Crippen molar-refractivity contribution in [1.29, 1.82) is 0 Å². The van der Waals surface area contributed by atoms with E-state index in [0.29, 0.717) is 13.0 Å². The summed E-state index contributed by atoms with van der Waals surface area (Å²) in [7, 11) is 2.49. The van der Waals surface area contributed by atoms with Gasteiger partial charge in [0.15, 0.2) is 0 Å². The van der Waals surface area contributed by atoms with E-state index in [2.05, 4.69) is 9.46 Å². The average molecular weight is 257 g/mol. The maximum atomic E-state index is 11.3. The fourth-order valence-electron chi connectivity index (χ4n) is 1.55. The molecule has 1 amide bonds. The van der Waals surface area contributed by atoms with Crippen molar-refractivity contribution < 1.29 is 17.9 Å². The summed E-state index contributed by atoms with van der Waals surface area (Å²) in [6, 6.07) is 0. The highest BCUT2D eigenvalue weighted by atomic mass is 35.7. The molecule has 1 fully saturated rings. The van der Waals surface area contributed by atoms with Crippen LogP contribution in [0.5, 0.6) is 0 Å². The molecule has 88 valence electrons. The predicted molar refractivity (Wildman–Crippen MR) is 54.7 cm³/mol. The van der Waals surface area contributed by atoms with E-state index in [9.17, 15) is 13.2 Å². The first kappa shape index (κ1) is 12.5. The van der Waals surface area contributed by atoms with E-state index < -0.39 is 21.5 Å². The lowest BCUT2D eigenvalue weighted by atomic mass is 10.1. The first-order valence-electron chi connectivity index (χ1n) is 4.50. The number of hydrogen-bond acceptors (Lipinski definition) is 4. The van der Waals surface area contributed by atoms with E-state index in [0.717, 1.165) is 12.8 Å². The van der Waals surface area contributed by atoms with Crippen LogP contribution >= 0.6 is 10.7 Å². The van der Waals surface area contributed by atoms with Gasteiger partial charge in [-0.05, 0) is 19.3 Å². The summed E-state index contributed by atoms with van der Waals surface area (Å²) < 4.78 is 28.4. The van der Waals surface area contributed by atoms with Gasteiger partial charge in [0.25, 0.3) is 9.24 Å². The SMILES string of the molecule is COC(=O)N1CCCCC1NS(=O)(=O)Cl. The number of hydrogen-bond donors (Lipinski definition) is 1. The van der Waals surface area contributed by atoms with Crippen LogP contribution in [-0.4, -0.2) is 39.2 Å². The Labute approximate surface area is 93.1 Å². The molecule has 1 unspecified atom stereocenters. The lowest BCUT2D eigenvalue weighted by Gasteiger charge is -2.33. The molecule has 1 rings (SSSR count). The van der Waals surface area contributed by atoms with Crippen molar-refractivity contribution in [2.24, 2.45) is 0 Å². The summed E-state index contributed by atoms with van der Waals surface area (Å²) in [5, 5.41) is 0. The van der Waals surface area contributed by atoms with Crippen LogP contribution in [0.2, 0.25) is 0 Å². The van der Waals surface area contributed by atoms with Crippen molar-refractivity contribution in [3.8, 4) is 0 Å². The normalized spacial score (nSPS) is 22.5. The molecule has 1 N–H and O–H groups in total. The molecule has 1 saturated heterocycles. The third-order valence-electron chi connectivity index (χ3n) is 2.19. The van der Waals surface area contributed by atoms with Gasteiger partial charge in [-0.15, -0.1) is 0 Å². The van der Waals surface area contributed by atoms with Gasteiger partial charge < -0.3 is 4.74 Å². The highest BCUT2D eigenvalue weighted by molar-refractivity contribution is 8.12. The molecule has 1 atom stereocenters. The monoisotopic (exact) mass is 256 g/mol. The van der Waals surface area contributed by atoms with Crippen LogP contribution in [0.1, 0.15) is 19.3 Å². The topological polar surface area (TPSA) is 75.7 Å². The Morgan fingerprint density at radius 1 is 1.53 bits per heavy atom. The second-order valence-corrected chi connectivity index (χ2v) is 5.56. The summed E-state index contributed by atoms with van der Waals surface area (Å²) >= 11 is 0. The zero-order valence-corrected chi connectivity index (χ0v) is 9.84. The third-order valence-corrected chi connectivity index (χ3v) is 3.01. The fourth-order valence-corrected chi connectivity index (χ4v) is 2.43. The zero-order chi connectivity index (χ0) is 11.5. The summed E-state index contributed by atoms with van der Waals surface area (Å²) in [4.78, 5) is 12.6. The van der Waals surface area contributed by atoms with Crippen molar-refractivity contribution >= 4 is 26.0 Å². The lowest BCUT2D eigenvalue weighted by Crippen LogP contribution is -2.52. The standard InChI is InChI=1S/C7H13ClN2O4S/c1-14-7(11)10-5-3-2-4-6(10)9-15(8,12)13/h6,9H,2-5H2,1H3. The Morgan fingerprint density at radius 2 is 2.20 bits per heavy atom. The van der Waals surface area contributed by atoms with Crippen LogP contribution in [0.3, 0.4) is 0 Å². The Morgan fingerprint density at radius 3 is 2.73 bits per heavy atom. The number of rotatable bonds is 2. The molecule has 8 heteroatoms. The number of nitrogens with zero attached hydrogens (tertiary/aromatic N) is 1. The predicted octanol–water partition coefficient (Wildman–Crippen LogP) is 0.638. The van der Waals surface area contributed by atoms with Gasteiger partial charge >= 0.3 is 6.09 Å². The summed E-state index contributed by atoms with van der Waals surface area (Å²) in [6.07, 6.45) is 1.06. The van der Waals surface area contributed by atoms with Gasteiger partial charge in [-0.3, -0.25) is 4.90 Å². The molecule has 0 aromatic heterocycles. The van der Waals surface area contributed by atoms with Gasteiger partial charge in [-0.2, -0.15) is 13.1 Å². The number of carbonyl (C=O) groups is 1. The number of carbonyl (C=O) groups excluding carboxylic acids is 1. The molecular weight excluding hydrogens is 244 g/mol. The quantitative estimate of drug-likeness (QED) is 0.736. The number of methoxy groups -OCH3 is 1. The van der Waals surface area contributed by atoms with Crippen molar-refractivity contribution in [1.82, 2.24) is 9.62 Å². The largest absolute Gasteiger partial charge is 0.453 e. The average Bonchev–Trinajstić information content (AvgIpc) is 2.15. The van der Waals surface area contributed by atoms with Gasteiger partial charge in [0.2, 0.25) is 0 Å². The van der Waals surface area contributed by atoms with Crippen LogP contribution < -0.4 is 4.72 Å². The first-order valence-corrected chi connectivity index (χ1v) is 6.81. The Hall–Kier alpha value is -0.530. The van der Waals surface area contributed by atoms with Crippen molar-refractivity contribution in [3.05, 3.63) is 0 Å². The third kappa shape index (κ3) is 3.84. The number of ether oxygens (including phenoxy) is 1. The highest BCUT2D eigenvalue weighted by Gasteiger charge is 2.29. The van der Waals surface area contributed by atoms with Crippen molar-refractivity contribution in [2.45, 2.75) is 25.4 Å². The van der Waals surface area contributed by atoms with Crippen LogP contribution in [0.25, 0.3) is 0 Å². The fraction of sp³-hybridized carbons (Fsp3) is 0.857. The number of halogens is 1. The van der Waals surface area contributed by atoms with Crippen molar-refractivity contribution in [3.63, 3.8) is 0 Å². The van der Waals surface area contributed by atoms with Crippen LogP contribution in [0, 0.1) is 0 Å². The molecule has 0 radical (unpaired) electrons. The van der Waals surface area contributed by atoms with Gasteiger partial charge in [-0.25, -0.2) is 4.79 Å². The molecule has 0 aromatic rings. The second kappa shape index (κ2) is 5.00. The Bertz CT molecular complexity index is 332. The number of amides is 1. The summed E-state index contributed by atoms with van der Waals surface area (Å²) in [5.41, 5.74) is 0. The highest BCUT2D eigenvalue weighted by Crippen LogP contribution is 2.17. The minimum atomic E-state index is -3.83. The van der Waals surface area contributed by atoms with E-state index in [1.807, 2.05) is 0 Å². The molecule has 6 nitrogen and oxygen atoms in total. The molecular formula is C7H13ClN2O4S. The molecule has 0 saturated carbocycles. The van der Waals surface area contributed by atoms with Crippen LogP contribution in [-0.2, 0) is 14.0 Å². The van der Waals surface area contributed by atoms with E-state index >= 15 is 0 Å². The summed E-state index contributed by atoms with van der Waals surface area (Å²) in [6.45, 7) is 0.469. The van der Waals surface area contributed by atoms with Crippen LogP contribution in [0.4, 0.5) is 4.79 Å². The first-order chi connectivity index (χ1) is 6.94. The lowest BCUT2D eigenvalue weighted by molar-refractivity contribution is 0.0866. The van der Waals surface area contributed by atoms with E-state index in [4.69, 9.17) is 10.7 Å². The second-order valence-electron chi connectivity index (χ2n) is 3.23. The van der Waals surface area contributed by atoms with E-state index in [1.165, 1.54) is 12.0 Å². The minimum absolute atomic E-state index is 0.469. The van der Waals surface area contributed by atoms with E-state index in [-0.39, 0.29) is 0 Å². The number of nitrogens with one attached hydrogen (secondary N) is 1. The molecule has 0 aromatic carbocycles. The zero-order valence-electron chi connectivity index (χ0n) is 8.27. The van der Waals surface area contributed by atoms with Crippen molar-refractivity contribution in [2.75, 3.05) is 13.7 Å². The molecule has 0 aliphatic carbocycles.